The van der Waals surface area contributed by atoms with Crippen molar-refractivity contribution < 1.29 is 4.39 Å². The third kappa shape index (κ3) is 4.84. The van der Waals surface area contributed by atoms with E-state index in [1.54, 1.807) is 0 Å². The Bertz CT molecular complexity index is 349. The minimum atomic E-state index is -0.209. The molecule has 0 atom stereocenters. The van der Waals surface area contributed by atoms with E-state index in [1.165, 1.54) is 12.1 Å². The van der Waals surface area contributed by atoms with Crippen LogP contribution in [0.1, 0.15) is 33.3 Å². The highest BCUT2D eigenvalue weighted by atomic mass is 19.1. The lowest BCUT2D eigenvalue weighted by atomic mass is 9.84. The molecule has 0 aromatic heterocycles. The lowest BCUT2D eigenvalue weighted by Crippen LogP contribution is -2.46. The van der Waals surface area contributed by atoms with Gasteiger partial charge in [-0.25, -0.2) is 4.39 Å². The summed E-state index contributed by atoms with van der Waals surface area (Å²) in [5, 5.41) is 3.36. The zero-order valence-corrected chi connectivity index (χ0v) is 11.2. The molecule has 0 heterocycles. The van der Waals surface area contributed by atoms with Gasteiger partial charge in [-0.1, -0.05) is 26.0 Å². The summed E-state index contributed by atoms with van der Waals surface area (Å²) < 4.78 is 12.9. The van der Waals surface area contributed by atoms with Crippen LogP contribution in [0, 0.1) is 5.82 Å². The molecule has 0 fully saturated rings. The number of nitrogens with one attached hydrogen (secondary N) is 1. The molecule has 0 aliphatic rings. The summed E-state index contributed by atoms with van der Waals surface area (Å²) in [5.74, 6) is -0.194. The largest absolute Gasteiger partial charge is 0.324 e. The molecule has 0 aliphatic carbocycles. The SMILES string of the molecule is CC(C)(N)CNCC(C)(C)c1ccc(F)cc1. The first-order valence-corrected chi connectivity index (χ1v) is 5.96. The monoisotopic (exact) mass is 238 g/mol. The third-order valence-corrected chi connectivity index (χ3v) is 2.77. The summed E-state index contributed by atoms with van der Waals surface area (Å²) in [4.78, 5) is 0. The quantitative estimate of drug-likeness (QED) is 0.827. The minimum absolute atomic E-state index is 0.0288. The van der Waals surface area contributed by atoms with E-state index in [0.717, 1.165) is 18.7 Å². The van der Waals surface area contributed by atoms with Crippen LogP contribution in [-0.4, -0.2) is 18.6 Å². The van der Waals surface area contributed by atoms with Crippen molar-refractivity contribution in [2.75, 3.05) is 13.1 Å². The van der Waals surface area contributed by atoms with Crippen molar-refractivity contribution in [3.05, 3.63) is 35.6 Å². The first kappa shape index (κ1) is 14.1. The van der Waals surface area contributed by atoms with E-state index in [9.17, 15) is 4.39 Å². The van der Waals surface area contributed by atoms with Gasteiger partial charge in [-0.2, -0.15) is 0 Å². The van der Waals surface area contributed by atoms with Crippen LogP contribution >= 0.6 is 0 Å². The zero-order valence-electron chi connectivity index (χ0n) is 11.2. The molecule has 0 unspecified atom stereocenters. The van der Waals surface area contributed by atoms with Gasteiger partial charge < -0.3 is 11.1 Å². The van der Waals surface area contributed by atoms with Crippen LogP contribution in [0.15, 0.2) is 24.3 Å². The Morgan fingerprint density at radius 2 is 1.59 bits per heavy atom. The maximum Gasteiger partial charge on any atom is 0.123 e. The number of nitrogens with two attached hydrogens (primary N) is 1. The lowest BCUT2D eigenvalue weighted by molar-refractivity contribution is 0.411. The summed E-state index contributed by atoms with van der Waals surface area (Å²) in [6.45, 7) is 9.83. The molecule has 0 saturated heterocycles. The molecule has 3 heteroatoms. The Kier molecular flexibility index (Phi) is 4.28. The molecule has 0 amide bonds. The van der Waals surface area contributed by atoms with Crippen LogP contribution in [0.3, 0.4) is 0 Å². The Labute approximate surface area is 103 Å². The smallest absolute Gasteiger partial charge is 0.123 e. The molecule has 96 valence electrons. The van der Waals surface area contributed by atoms with E-state index < -0.39 is 0 Å². The van der Waals surface area contributed by atoms with Gasteiger partial charge in [0.15, 0.2) is 0 Å². The molecule has 1 aromatic carbocycles. The Morgan fingerprint density at radius 3 is 2.06 bits per heavy atom. The topological polar surface area (TPSA) is 38.0 Å². The van der Waals surface area contributed by atoms with E-state index in [4.69, 9.17) is 5.73 Å². The van der Waals surface area contributed by atoms with Gasteiger partial charge in [-0.3, -0.25) is 0 Å². The second-order valence-corrected chi connectivity index (χ2v) is 5.98. The fourth-order valence-electron chi connectivity index (χ4n) is 1.70. The van der Waals surface area contributed by atoms with Crippen LogP contribution < -0.4 is 11.1 Å². The molecular weight excluding hydrogens is 215 g/mol. The maximum absolute atomic E-state index is 12.9. The summed E-state index contributed by atoms with van der Waals surface area (Å²) in [6.07, 6.45) is 0. The van der Waals surface area contributed by atoms with E-state index in [0.29, 0.717) is 0 Å². The molecule has 2 nitrogen and oxygen atoms in total. The highest BCUT2D eigenvalue weighted by Gasteiger charge is 2.21. The standard InChI is InChI=1S/C14H23FN2/c1-13(2,9-17-10-14(3,4)16)11-5-7-12(15)8-6-11/h5-8,17H,9-10,16H2,1-4H3. The summed E-state index contributed by atoms with van der Waals surface area (Å²) in [6, 6.07) is 6.68. The number of rotatable bonds is 5. The second kappa shape index (κ2) is 5.15. The van der Waals surface area contributed by atoms with E-state index in [-0.39, 0.29) is 16.8 Å². The van der Waals surface area contributed by atoms with Gasteiger partial charge in [0.25, 0.3) is 0 Å². The second-order valence-electron chi connectivity index (χ2n) is 5.98. The Hall–Kier alpha value is -0.930. The first-order valence-electron chi connectivity index (χ1n) is 5.96. The molecule has 1 rings (SSSR count). The maximum atomic E-state index is 12.9. The average Bonchev–Trinajstić information content (AvgIpc) is 2.15. The summed E-state index contributed by atoms with van der Waals surface area (Å²) in [7, 11) is 0. The van der Waals surface area contributed by atoms with Crippen molar-refractivity contribution in [2.24, 2.45) is 5.73 Å². The summed E-state index contributed by atoms with van der Waals surface area (Å²) in [5.41, 5.74) is 6.80. The fourth-order valence-corrected chi connectivity index (χ4v) is 1.70. The van der Waals surface area contributed by atoms with Crippen molar-refractivity contribution in [3.8, 4) is 0 Å². The van der Waals surface area contributed by atoms with Crippen LogP contribution in [0.25, 0.3) is 0 Å². The highest BCUT2D eigenvalue weighted by Crippen LogP contribution is 2.22. The average molecular weight is 238 g/mol. The number of benzene rings is 1. The van der Waals surface area contributed by atoms with Crippen LogP contribution in [0.4, 0.5) is 4.39 Å². The predicted molar refractivity (Wildman–Crippen MR) is 70.6 cm³/mol. The fraction of sp³-hybridized carbons (Fsp3) is 0.571. The van der Waals surface area contributed by atoms with Gasteiger partial charge in [0.05, 0.1) is 0 Å². The normalized spacial score (nSPS) is 12.8. The molecule has 0 saturated carbocycles. The van der Waals surface area contributed by atoms with Crippen molar-refractivity contribution in [1.82, 2.24) is 5.32 Å². The zero-order chi connectivity index (χ0) is 13.1. The minimum Gasteiger partial charge on any atom is -0.324 e. The Balaban J connectivity index is 2.59. The molecule has 0 spiro atoms. The molecule has 17 heavy (non-hydrogen) atoms. The van der Waals surface area contributed by atoms with Gasteiger partial charge in [-0.05, 0) is 31.5 Å². The molecule has 0 radical (unpaired) electrons. The van der Waals surface area contributed by atoms with Crippen LogP contribution in [0.5, 0.6) is 0 Å². The van der Waals surface area contributed by atoms with E-state index in [2.05, 4.69) is 19.2 Å². The predicted octanol–water partition coefficient (Wildman–Crippen LogP) is 2.43. The number of hydrogen-bond acceptors (Lipinski definition) is 2. The van der Waals surface area contributed by atoms with Gasteiger partial charge in [0, 0.05) is 24.0 Å². The summed E-state index contributed by atoms with van der Waals surface area (Å²) >= 11 is 0. The van der Waals surface area contributed by atoms with Gasteiger partial charge in [0.2, 0.25) is 0 Å². The molecule has 1 aromatic rings. The lowest BCUT2D eigenvalue weighted by Gasteiger charge is -2.28. The van der Waals surface area contributed by atoms with Crippen LogP contribution in [-0.2, 0) is 5.41 Å². The van der Waals surface area contributed by atoms with Crippen molar-refractivity contribution in [1.29, 1.82) is 0 Å². The Morgan fingerprint density at radius 1 is 1.06 bits per heavy atom. The first-order chi connectivity index (χ1) is 7.71. The highest BCUT2D eigenvalue weighted by molar-refractivity contribution is 5.24. The van der Waals surface area contributed by atoms with Crippen molar-refractivity contribution >= 4 is 0 Å². The molecular formula is C14H23FN2. The van der Waals surface area contributed by atoms with E-state index >= 15 is 0 Å². The number of halogens is 1. The van der Waals surface area contributed by atoms with Gasteiger partial charge in [0.1, 0.15) is 5.82 Å². The van der Waals surface area contributed by atoms with Gasteiger partial charge >= 0.3 is 0 Å². The van der Waals surface area contributed by atoms with Crippen molar-refractivity contribution in [2.45, 2.75) is 38.6 Å². The van der Waals surface area contributed by atoms with E-state index in [1.807, 2.05) is 26.0 Å². The van der Waals surface area contributed by atoms with Crippen LogP contribution in [0.2, 0.25) is 0 Å². The van der Waals surface area contributed by atoms with Crippen molar-refractivity contribution in [3.63, 3.8) is 0 Å². The number of hydrogen-bond donors (Lipinski definition) is 2. The molecule has 0 bridgehead atoms. The molecule has 3 N–H and O–H groups in total. The molecule has 0 aliphatic heterocycles. The van der Waals surface area contributed by atoms with Gasteiger partial charge in [-0.15, -0.1) is 0 Å². The third-order valence-electron chi connectivity index (χ3n) is 2.77.